The molecule has 0 spiro atoms. The maximum absolute atomic E-state index is 11.8. The van der Waals surface area contributed by atoms with Crippen LogP contribution in [0.25, 0.3) is 11.0 Å². The molecule has 0 atom stereocenters. The number of esters is 1. The van der Waals surface area contributed by atoms with Gasteiger partial charge in [-0.25, -0.2) is 9.59 Å². The van der Waals surface area contributed by atoms with Crippen LogP contribution in [0, 0.1) is 6.92 Å². The Morgan fingerprint density at radius 3 is 2.40 bits per heavy atom. The van der Waals surface area contributed by atoms with E-state index in [9.17, 15) is 9.59 Å². The molecule has 4 heteroatoms. The van der Waals surface area contributed by atoms with Gasteiger partial charge in [-0.3, -0.25) is 0 Å². The molecule has 0 N–H and O–H groups in total. The number of hydrogen-bond donors (Lipinski definition) is 0. The molecule has 2 aromatic rings. The third-order valence-electron chi connectivity index (χ3n) is 3.24. The molecule has 106 valence electrons. The molecule has 0 saturated carbocycles. The van der Waals surface area contributed by atoms with E-state index in [1.165, 1.54) is 7.11 Å². The highest BCUT2D eigenvalue weighted by atomic mass is 16.5. The van der Waals surface area contributed by atoms with E-state index < -0.39 is 5.97 Å². The van der Waals surface area contributed by atoms with Crippen LogP contribution >= 0.6 is 0 Å². The van der Waals surface area contributed by atoms with Crippen LogP contribution in [-0.4, -0.2) is 13.1 Å². The molecule has 0 aliphatic heterocycles. The van der Waals surface area contributed by atoms with Gasteiger partial charge in [-0.1, -0.05) is 20.8 Å². The highest BCUT2D eigenvalue weighted by molar-refractivity contribution is 5.95. The van der Waals surface area contributed by atoms with E-state index in [4.69, 9.17) is 9.15 Å². The number of hydrogen-bond acceptors (Lipinski definition) is 4. The molecular weight excluding hydrogens is 256 g/mol. The largest absolute Gasteiger partial charge is 0.465 e. The molecule has 0 radical (unpaired) electrons. The maximum Gasteiger partial charge on any atom is 0.339 e. The number of aryl methyl sites for hydroxylation is 1. The molecule has 0 amide bonds. The standard InChI is InChI=1S/C16H18O4/c1-9-6-10-7-11(15(18)19-5)8-12(16(2,3)4)13(10)20-14(9)17/h6-8H,1-5H3. The Balaban J connectivity index is 2.89. The maximum atomic E-state index is 11.8. The smallest absolute Gasteiger partial charge is 0.339 e. The summed E-state index contributed by atoms with van der Waals surface area (Å²) in [5.41, 5.74) is 1.70. The van der Waals surface area contributed by atoms with Gasteiger partial charge in [-0.15, -0.1) is 0 Å². The Bertz CT molecular complexity index is 732. The van der Waals surface area contributed by atoms with Crippen molar-refractivity contribution in [3.05, 3.63) is 45.3 Å². The van der Waals surface area contributed by atoms with E-state index in [0.717, 1.165) is 10.9 Å². The Morgan fingerprint density at radius 1 is 1.20 bits per heavy atom. The van der Waals surface area contributed by atoms with Crippen molar-refractivity contribution in [3.8, 4) is 0 Å². The zero-order valence-corrected chi connectivity index (χ0v) is 12.4. The molecule has 0 aliphatic rings. The van der Waals surface area contributed by atoms with Gasteiger partial charge in [0.25, 0.3) is 0 Å². The number of benzene rings is 1. The highest BCUT2D eigenvalue weighted by Crippen LogP contribution is 2.31. The molecule has 0 saturated heterocycles. The first-order valence-corrected chi connectivity index (χ1v) is 6.41. The fraction of sp³-hybridized carbons (Fsp3) is 0.375. The summed E-state index contributed by atoms with van der Waals surface area (Å²) in [5.74, 6) is -0.402. The van der Waals surface area contributed by atoms with E-state index in [0.29, 0.717) is 16.7 Å². The Labute approximate surface area is 117 Å². The monoisotopic (exact) mass is 274 g/mol. The van der Waals surface area contributed by atoms with E-state index in [1.54, 1.807) is 25.1 Å². The lowest BCUT2D eigenvalue weighted by atomic mass is 9.84. The van der Waals surface area contributed by atoms with Crippen molar-refractivity contribution in [1.82, 2.24) is 0 Å². The fourth-order valence-electron chi connectivity index (χ4n) is 2.13. The van der Waals surface area contributed by atoms with Crippen molar-refractivity contribution in [2.24, 2.45) is 0 Å². The van der Waals surface area contributed by atoms with E-state index in [-0.39, 0.29) is 11.0 Å². The van der Waals surface area contributed by atoms with E-state index >= 15 is 0 Å². The van der Waals surface area contributed by atoms with Crippen LogP contribution in [0.5, 0.6) is 0 Å². The minimum Gasteiger partial charge on any atom is -0.465 e. The number of carbonyl (C=O) groups is 1. The summed E-state index contributed by atoms with van der Waals surface area (Å²) in [6.07, 6.45) is 0. The summed E-state index contributed by atoms with van der Waals surface area (Å²) < 4.78 is 10.2. The predicted molar refractivity (Wildman–Crippen MR) is 77.3 cm³/mol. The molecule has 20 heavy (non-hydrogen) atoms. The average Bonchev–Trinajstić information content (AvgIpc) is 2.37. The molecule has 0 aliphatic carbocycles. The van der Waals surface area contributed by atoms with Crippen LogP contribution in [0.3, 0.4) is 0 Å². The van der Waals surface area contributed by atoms with Crippen molar-refractivity contribution >= 4 is 16.9 Å². The Kier molecular flexibility index (Phi) is 3.42. The van der Waals surface area contributed by atoms with Gasteiger partial charge < -0.3 is 9.15 Å². The fourth-order valence-corrected chi connectivity index (χ4v) is 2.13. The lowest BCUT2D eigenvalue weighted by molar-refractivity contribution is 0.0601. The average molecular weight is 274 g/mol. The van der Waals surface area contributed by atoms with Crippen LogP contribution < -0.4 is 5.63 Å². The number of methoxy groups -OCH3 is 1. The van der Waals surface area contributed by atoms with Gasteiger partial charge in [0.15, 0.2) is 0 Å². The zero-order chi connectivity index (χ0) is 15.1. The Hall–Kier alpha value is -2.10. The lowest BCUT2D eigenvalue weighted by Gasteiger charge is -2.21. The molecule has 1 heterocycles. The first kappa shape index (κ1) is 14.3. The second-order valence-corrected chi connectivity index (χ2v) is 5.90. The quantitative estimate of drug-likeness (QED) is 0.592. The van der Waals surface area contributed by atoms with Crippen LogP contribution in [0.1, 0.15) is 42.3 Å². The van der Waals surface area contributed by atoms with Gasteiger partial charge in [0, 0.05) is 16.5 Å². The molecule has 0 unspecified atom stereocenters. The molecule has 4 nitrogen and oxygen atoms in total. The number of rotatable bonds is 1. The molecule has 0 bridgehead atoms. The SMILES string of the molecule is COC(=O)c1cc(C(C)(C)C)c2oc(=O)c(C)cc2c1. The normalized spacial score (nSPS) is 11.7. The molecular formula is C16H18O4. The Morgan fingerprint density at radius 2 is 1.85 bits per heavy atom. The van der Waals surface area contributed by atoms with Gasteiger partial charge >= 0.3 is 11.6 Å². The second kappa shape index (κ2) is 4.78. The van der Waals surface area contributed by atoms with Crippen molar-refractivity contribution in [2.45, 2.75) is 33.1 Å². The molecule has 2 rings (SSSR count). The number of carbonyl (C=O) groups excluding carboxylic acids is 1. The predicted octanol–water partition coefficient (Wildman–Crippen LogP) is 3.19. The van der Waals surface area contributed by atoms with Gasteiger partial charge in [-0.05, 0) is 30.5 Å². The molecule has 0 fully saturated rings. The third-order valence-corrected chi connectivity index (χ3v) is 3.24. The van der Waals surface area contributed by atoms with Crippen molar-refractivity contribution in [1.29, 1.82) is 0 Å². The molecule has 1 aromatic carbocycles. The van der Waals surface area contributed by atoms with Gasteiger partial charge in [0.05, 0.1) is 12.7 Å². The van der Waals surface area contributed by atoms with Crippen molar-refractivity contribution in [2.75, 3.05) is 7.11 Å². The summed E-state index contributed by atoms with van der Waals surface area (Å²) in [5, 5.41) is 0.731. The van der Waals surface area contributed by atoms with Gasteiger partial charge in [-0.2, -0.15) is 0 Å². The summed E-state index contributed by atoms with van der Waals surface area (Å²) in [4.78, 5) is 23.5. The summed E-state index contributed by atoms with van der Waals surface area (Å²) >= 11 is 0. The van der Waals surface area contributed by atoms with Crippen LogP contribution in [0.4, 0.5) is 0 Å². The van der Waals surface area contributed by atoms with Crippen molar-refractivity contribution in [3.63, 3.8) is 0 Å². The summed E-state index contributed by atoms with van der Waals surface area (Å²) in [6, 6.07) is 5.15. The first-order chi connectivity index (χ1) is 9.24. The zero-order valence-electron chi connectivity index (χ0n) is 12.4. The lowest BCUT2D eigenvalue weighted by Crippen LogP contribution is -2.15. The van der Waals surface area contributed by atoms with Gasteiger partial charge in [0.2, 0.25) is 0 Å². The van der Waals surface area contributed by atoms with Crippen molar-refractivity contribution < 1.29 is 13.9 Å². The van der Waals surface area contributed by atoms with E-state index in [2.05, 4.69) is 0 Å². The molecule has 1 aromatic heterocycles. The minimum atomic E-state index is -0.402. The van der Waals surface area contributed by atoms with Crippen LogP contribution in [-0.2, 0) is 10.2 Å². The van der Waals surface area contributed by atoms with Crippen LogP contribution in [0.15, 0.2) is 27.4 Å². The first-order valence-electron chi connectivity index (χ1n) is 6.41. The minimum absolute atomic E-state index is 0.256. The van der Waals surface area contributed by atoms with Crippen LogP contribution in [0.2, 0.25) is 0 Å². The number of fused-ring (bicyclic) bond motifs is 1. The highest BCUT2D eigenvalue weighted by Gasteiger charge is 2.22. The second-order valence-electron chi connectivity index (χ2n) is 5.90. The summed E-state index contributed by atoms with van der Waals surface area (Å²) in [6.45, 7) is 7.70. The van der Waals surface area contributed by atoms with Gasteiger partial charge in [0.1, 0.15) is 5.58 Å². The third kappa shape index (κ3) is 2.46. The van der Waals surface area contributed by atoms with E-state index in [1.807, 2.05) is 20.8 Å². The topological polar surface area (TPSA) is 56.5 Å². The number of ether oxygens (including phenoxy) is 1. The summed E-state index contributed by atoms with van der Waals surface area (Å²) in [7, 11) is 1.35.